The molecule has 1 unspecified atom stereocenters. The lowest BCUT2D eigenvalue weighted by Crippen LogP contribution is -2.56. The first-order valence-corrected chi connectivity index (χ1v) is 7.50. The number of amides is 1. The number of thiocarbonyl (C=S) groups is 1. The van der Waals surface area contributed by atoms with E-state index in [2.05, 4.69) is 16.0 Å². The highest BCUT2D eigenvalue weighted by Crippen LogP contribution is 2.29. The lowest BCUT2D eigenvalue weighted by Gasteiger charge is -2.27. The second kappa shape index (κ2) is 8.49. The van der Waals surface area contributed by atoms with Crippen LogP contribution in [-0.2, 0) is 4.79 Å². The molecule has 0 aliphatic heterocycles. The number of benzene rings is 1. The molecule has 1 rings (SSSR count). The normalized spacial score (nSPS) is 12.2. The van der Waals surface area contributed by atoms with Crippen LogP contribution in [0.2, 0.25) is 0 Å². The standard InChI is InChI=1S/C12H11Cl3FN3O3S/c13-12(14,15)10(18-8(20)5-16)19-11(23)17-7-3-1-2-6(4-7)9(21)22/h1-4,10H,5H2,(H,18,20)(H,21,22)(H2,17,19,23). The van der Waals surface area contributed by atoms with Crippen molar-refractivity contribution in [1.82, 2.24) is 10.6 Å². The Morgan fingerprint density at radius 1 is 1.30 bits per heavy atom. The molecule has 0 heterocycles. The van der Waals surface area contributed by atoms with Crippen LogP contribution >= 0.6 is 47.0 Å². The van der Waals surface area contributed by atoms with E-state index in [4.69, 9.17) is 52.1 Å². The van der Waals surface area contributed by atoms with Crippen molar-refractivity contribution in [2.24, 2.45) is 0 Å². The van der Waals surface area contributed by atoms with Gasteiger partial charge in [-0.05, 0) is 30.4 Å². The fourth-order valence-corrected chi connectivity index (χ4v) is 1.99. The Morgan fingerprint density at radius 2 is 1.96 bits per heavy atom. The van der Waals surface area contributed by atoms with Gasteiger partial charge < -0.3 is 21.1 Å². The molecule has 0 fully saturated rings. The summed E-state index contributed by atoms with van der Waals surface area (Å²) in [6.45, 7) is -1.29. The average Bonchev–Trinajstić information content (AvgIpc) is 2.45. The molecule has 1 atom stereocenters. The van der Waals surface area contributed by atoms with Crippen LogP contribution < -0.4 is 16.0 Å². The Bertz CT molecular complexity index is 613. The van der Waals surface area contributed by atoms with Gasteiger partial charge in [0.15, 0.2) is 11.8 Å². The van der Waals surface area contributed by atoms with Gasteiger partial charge in [0.05, 0.1) is 5.56 Å². The number of hydrogen-bond acceptors (Lipinski definition) is 3. The van der Waals surface area contributed by atoms with Gasteiger partial charge in [0.2, 0.25) is 3.79 Å². The molecule has 1 aromatic rings. The first kappa shape index (κ1) is 19.7. The molecule has 4 N–H and O–H groups in total. The van der Waals surface area contributed by atoms with Gasteiger partial charge in [-0.2, -0.15) is 0 Å². The number of carbonyl (C=O) groups is 2. The second-order valence-electron chi connectivity index (χ2n) is 4.16. The summed E-state index contributed by atoms with van der Waals surface area (Å²) < 4.78 is 10.3. The van der Waals surface area contributed by atoms with Crippen LogP contribution in [0.25, 0.3) is 0 Å². The summed E-state index contributed by atoms with van der Waals surface area (Å²) in [5.41, 5.74) is 0.406. The summed E-state index contributed by atoms with van der Waals surface area (Å²) in [6, 6.07) is 5.80. The van der Waals surface area contributed by atoms with Crippen molar-refractivity contribution in [3.05, 3.63) is 29.8 Å². The van der Waals surface area contributed by atoms with Crippen molar-refractivity contribution in [3.63, 3.8) is 0 Å². The quantitative estimate of drug-likeness (QED) is 0.344. The van der Waals surface area contributed by atoms with Gasteiger partial charge in [0, 0.05) is 5.69 Å². The van der Waals surface area contributed by atoms with Crippen molar-refractivity contribution in [3.8, 4) is 0 Å². The molecule has 0 bridgehead atoms. The first-order valence-electron chi connectivity index (χ1n) is 5.96. The zero-order chi connectivity index (χ0) is 17.6. The van der Waals surface area contributed by atoms with Crippen molar-refractivity contribution in [1.29, 1.82) is 0 Å². The Hall–Kier alpha value is -1.35. The number of aromatic carboxylic acids is 1. The molecule has 1 amide bonds. The molecule has 0 radical (unpaired) electrons. The fourth-order valence-electron chi connectivity index (χ4n) is 1.43. The Labute approximate surface area is 151 Å². The van der Waals surface area contributed by atoms with E-state index in [0.29, 0.717) is 5.69 Å². The summed E-state index contributed by atoms with van der Waals surface area (Å²) in [4.78, 5) is 22.0. The molecule has 1 aromatic carbocycles. The maximum Gasteiger partial charge on any atom is 0.335 e. The molecule has 23 heavy (non-hydrogen) atoms. The largest absolute Gasteiger partial charge is 0.478 e. The number of halogens is 4. The van der Waals surface area contributed by atoms with Gasteiger partial charge in [0.1, 0.15) is 6.17 Å². The van der Waals surface area contributed by atoms with Crippen molar-refractivity contribution in [2.75, 3.05) is 12.0 Å². The lowest BCUT2D eigenvalue weighted by molar-refractivity contribution is -0.122. The van der Waals surface area contributed by atoms with Crippen LogP contribution in [-0.4, -0.2) is 38.7 Å². The van der Waals surface area contributed by atoms with Crippen LogP contribution in [0.3, 0.4) is 0 Å². The number of nitrogens with one attached hydrogen (secondary N) is 3. The smallest absolute Gasteiger partial charge is 0.335 e. The molecule has 6 nitrogen and oxygen atoms in total. The number of carboxylic acids is 1. The molecule has 0 aliphatic carbocycles. The maximum absolute atomic E-state index is 12.3. The van der Waals surface area contributed by atoms with Crippen molar-refractivity contribution < 1.29 is 19.1 Å². The van der Waals surface area contributed by atoms with E-state index in [0.717, 1.165) is 0 Å². The van der Waals surface area contributed by atoms with E-state index >= 15 is 0 Å². The molecule has 0 saturated heterocycles. The number of carboxylic acid groups (broad SMARTS) is 1. The summed E-state index contributed by atoms with van der Waals surface area (Å²) in [6.07, 6.45) is -1.29. The van der Waals surface area contributed by atoms with Gasteiger partial charge in [0.25, 0.3) is 5.91 Å². The molecular weight excluding hydrogens is 392 g/mol. The third-order valence-electron chi connectivity index (χ3n) is 2.40. The van der Waals surface area contributed by atoms with Crippen LogP contribution in [0.4, 0.5) is 10.1 Å². The van der Waals surface area contributed by atoms with E-state index in [-0.39, 0.29) is 10.7 Å². The van der Waals surface area contributed by atoms with E-state index in [1.807, 2.05) is 0 Å². The highest BCUT2D eigenvalue weighted by Gasteiger charge is 2.34. The van der Waals surface area contributed by atoms with Gasteiger partial charge in [-0.25, -0.2) is 9.18 Å². The van der Waals surface area contributed by atoms with Gasteiger partial charge in [-0.3, -0.25) is 4.79 Å². The second-order valence-corrected chi connectivity index (χ2v) is 6.94. The predicted octanol–water partition coefficient (Wildman–Crippen LogP) is 2.45. The van der Waals surface area contributed by atoms with Crippen LogP contribution in [0.15, 0.2) is 24.3 Å². The summed E-state index contributed by atoms with van der Waals surface area (Å²) in [5, 5.41) is 16.1. The Balaban J connectivity index is 2.77. The molecule has 0 spiro atoms. The molecule has 0 aromatic heterocycles. The van der Waals surface area contributed by atoms with E-state index in [1.165, 1.54) is 18.2 Å². The minimum Gasteiger partial charge on any atom is -0.478 e. The monoisotopic (exact) mass is 401 g/mol. The average molecular weight is 403 g/mol. The van der Waals surface area contributed by atoms with Crippen molar-refractivity contribution >= 4 is 69.7 Å². The Morgan fingerprint density at radius 3 is 2.48 bits per heavy atom. The molecule has 0 saturated carbocycles. The Kier molecular flexibility index (Phi) is 7.27. The van der Waals surface area contributed by atoms with Crippen LogP contribution in [0, 0.1) is 0 Å². The van der Waals surface area contributed by atoms with Gasteiger partial charge in [-0.1, -0.05) is 40.9 Å². The topological polar surface area (TPSA) is 90.5 Å². The third kappa shape index (κ3) is 6.74. The highest BCUT2D eigenvalue weighted by molar-refractivity contribution is 7.80. The minimum atomic E-state index is -2.00. The number of carbonyl (C=O) groups excluding carboxylic acids is 1. The van der Waals surface area contributed by atoms with E-state index < -0.39 is 28.5 Å². The summed E-state index contributed by atoms with van der Waals surface area (Å²) in [7, 11) is 0. The van der Waals surface area contributed by atoms with Crippen LogP contribution in [0.5, 0.6) is 0 Å². The third-order valence-corrected chi connectivity index (χ3v) is 3.27. The number of hydrogen-bond donors (Lipinski definition) is 4. The lowest BCUT2D eigenvalue weighted by atomic mass is 10.2. The number of rotatable bonds is 5. The van der Waals surface area contributed by atoms with Gasteiger partial charge in [-0.15, -0.1) is 0 Å². The maximum atomic E-state index is 12.3. The summed E-state index contributed by atoms with van der Waals surface area (Å²) >= 11 is 22.0. The van der Waals surface area contributed by atoms with E-state index in [9.17, 15) is 14.0 Å². The zero-order valence-electron chi connectivity index (χ0n) is 11.3. The molecule has 126 valence electrons. The molecule has 11 heteroatoms. The number of alkyl halides is 4. The molecule has 0 aliphatic rings. The fraction of sp³-hybridized carbons (Fsp3) is 0.250. The highest BCUT2D eigenvalue weighted by atomic mass is 35.6. The predicted molar refractivity (Wildman–Crippen MR) is 91.0 cm³/mol. The SMILES string of the molecule is O=C(CF)NC(NC(=S)Nc1cccc(C(=O)O)c1)C(Cl)(Cl)Cl. The minimum absolute atomic E-state index is 0.0430. The summed E-state index contributed by atoms with van der Waals surface area (Å²) in [5.74, 6) is -2.11. The van der Waals surface area contributed by atoms with E-state index in [1.54, 1.807) is 6.07 Å². The van der Waals surface area contributed by atoms with Crippen molar-refractivity contribution in [2.45, 2.75) is 9.96 Å². The van der Waals surface area contributed by atoms with Gasteiger partial charge >= 0.3 is 5.97 Å². The van der Waals surface area contributed by atoms with Crippen LogP contribution in [0.1, 0.15) is 10.4 Å². The molecular formula is C12H11Cl3FN3O3S. The zero-order valence-corrected chi connectivity index (χ0v) is 14.4. The first-order chi connectivity index (χ1) is 10.6. The number of anilines is 1.